The summed E-state index contributed by atoms with van der Waals surface area (Å²) in [6, 6.07) is 3.09. The van der Waals surface area contributed by atoms with Gasteiger partial charge in [-0.3, -0.25) is 19.5 Å². The number of hydrogen-bond donors (Lipinski definition) is 1. The average Bonchev–Trinajstić information content (AvgIpc) is 2.36. The second-order valence-corrected chi connectivity index (χ2v) is 5.71. The van der Waals surface area contributed by atoms with E-state index in [1.54, 1.807) is 0 Å². The Hall–Kier alpha value is -2.42. The number of nitrogens with zero attached hydrogens (tertiary/aromatic N) is 3. The zero-order valence-corrected chi connectivity index (χ0v) is 10.6. The summed E-state index contributed by atoms with van der Waals surface area (Å²) in [4.78, 5) is 24.4. The molecule has 10 heteroatoms. The van der Waals surface area contributed by atoms with Crippen molar-refractivity contribution in [2.75, 3.05) is 0 Å². The molecule has 20 heavy (non-hydrogen) atoms. The molecule has 104 valence electrons. The molecule has 1 aromatic carbocycles. The van der Waals surface area contributed by atoms with Gasteiger partial charge in [-0.2, -0.15) is 13.2 Å². The number of nitro groups is 1. The van der Waals surface area contributed by atoms with Crippen molar-refractivity contribution in [2.24, 2.45) is 0 Å². The van der Waals surface area contributed by atoms with Gasteiger partial charge in [0.1, 0.15) is 5.25 Å². The number of benzene rings is 1. The maximum atomic E-state index is 11.7. The van der Waals surface area contributed by atoms with Crippen LogP contribution in [-0.2, 0) is 14.9 Å². The summed E-state index contributed by atoms with van der Waals surface area (Å²) >= 11 is 0. The molecule has 1 unspecified atom stereocenters. The molecule has 2 rings (SSSR count). The topological polar surface area (TPSA) is 151 Å². The molecule has 1 N–H and O–H groups in total. The van der Waals surface area contributed by atoms with Crippen LogP contribution in [0.15, 0.2) is 18.2 Å². The van der Waals surface area contributed by atoms with E-state index in [4.69, 9.17) is 10.1 Å². The zero-order chi connectivity index (χ0) is 15.1. The summed E-state index contributed by atoms with van der Waals surface area (Å²) in [5.41, 5.74) is 7.80. The lowest BCUT2D eigenvalue weighted by Crippen LogP contribution is -2.30. The van der Waals surface area contributed by atoms with Gasteiger partial charge in [0.15, 0.2) is 0 Å². The standard InChI is InChI=1S/C10H7N3O6S/c11-12-10-6-2-1-5(13(15)16)3-7(6)9(4-8(10)14)20(17,18)19/h1-3,9H,4H2,(H,17,18,19). The molecule has 0 aliphatic heterocycles. The fourth-order valence-corrected chi connectivity index (χ4v) is 2.92. The quantitative estimate of drug-likeness (QED) is 0.276. The van der Waals surface area contributed by atoms with Crippen LogP contribution < -0.4 is 0 Å². The highest BCUT2D eigenvalue weighted by atomic mass is 32.2. The number of ketones is 1. The van der Waals surface area contributed by atoms with Crippen LogP contribution in [0.25, 0.3) is 5.53 Å². The fraction of sp³-hybridized carbons (Fsp3) is 0.200. The van der Waals surface area contributed by atoms with Gasteiger partial charge in [0, 0.05) is 18.6 Å². The van der Waals surface area contributed by atoms with Gasteiger partial charge in [0.25, 0.3) is 15.8 Å². The molecule has 0 radical (unpaired) electrons. The van der Waals surface area contributed by atoms with E-state index in [1.807, 2.05) is 0 Å². The van der Waals surface area contributed by atoms with Crippen LogP contribution in [0.3, 0.4) is 0 Å². The Balaban J connectivity index is 2.78. The van der Waals surface area contributed by atoms with Crippen LogP contribution >= 0.6 is 0 Å². The lowest BCUT2D eigenvalue weighted by atomic mass is 9.88. The van der Waals surface area contributed by atoms with Gasteiger partial charge < -0.3 is 5.53 Å². The number of Topliss-reactive ketones (excluding diaryl/α,β-unsaturated/α-hetero) is 1. The minimum atomic E-state index is -4.63. The third-order valence-corrected chi connectivity index (χ3v) is 4.08. The number of hydrogen-bond acceptors (Lipinski definition) is 5. The van der Waals surface area contributed by atoms with Gasteiger partial charge in [-0.05, 0) is 11.6 Å². The molecular weight excluding hydrogens is 290 g/mol. The van der Waals surface area contributed by atoms with Crippen molar-refractivity contribution >= 4 is 27.3 Å². The van der Waals surface area contributed by atoms with Crippen molar-refractivity contribution in [3.63, 3.8) is 0 Å². The number of carbonyl (C=O) groups is 1. The number of rotatable bonds is 2. The number of carbonyl (C=O) groups excluding carboxylic acids is 1. The first-order chi connectivity index (χ1) is 9.25. The maximum absolute atomic E-state index is 11.7. The molecule has 0 spiro atoms. The molecule has 0 heterocycles. The Kier molecular flexibility index (Phi) is 3.22. The van der Waals surface area contributed by atoms with Gasteiger partial charge >= 0.3 is 5.71 Å². The Morgan fingerprint density at radius 1 is 1.45 bits per heavy atom. The van der Waals surface area contributed by atoms with Gasteiger partial charge in [-0.15, -0.1) is 0 Å². The van der Waals surface area contributed by atoms with Crippen molar-refractivity contribution < 1.29 is 27.5 Å². The van der Waals surface area contributed by atoms with Crippen LogP contribution in [-0.4, -0.2) is 34.2 Å². The lowest BCUT2D eigenvalue weighted by molar-refractivity contribution is -0.384. The van der Waals surface area contributed by atoms with Crippen LogP contribution in [0, 0.1) is 10.1 Å². The fourth-order valence-electron chi connectivity index (χ4n) is 2.05. The Bertz CT molecular complexity index is 778. The van der Waals surface area contributed by atoms with E-state index >= 15 is 0 Å². The SMILES string of the molecule is [N-]=[N+]=C1C(=O)CC(S(=O)(=O)O)c2cc([N+](=O)[O-])ccc21. The zero-order valence-electron chi connectivity index (χ0n) is 9.75. The molecule has 0 amide bonds. The van der Waals surface area contributed by atoms with Crippen molar-refractivity contribution in [1.29, 1.82) is 0 Å². The van der Waals surface area contributed by atoms with Crippen LogP contribution in [0.4, 0.5) is 5.69 Å². The van der Waals surface area contributed by atoms with Crippen LogP contribution in [0.5, 0.6) is 0 Å². The van der Waals surface area contributed by atoms with E-state index in [0.717, 1.165) is 18.2 Å². The Morgan fingerprint density at radius 2 is 2.10 bits per heavy atom. The largest absolute Gasteiger partial charge is 0.365 e. The minimum Gasteiger partial charge on any atom is -0.361 e. The Labute approximate surface area is 112 Å². The Morgan fingerprint density at radius 3 is 2.60 bits per heavy atom. The molecule has 1 aromatic rings. The normalized spacial score (nSPS) is 18.4. The van der Waals surface area contributed by atoms with E-state index in [0.29, 0.717) is 0 Å². The van der Waals surface area contributed by atoms with Gasteiger partial charge in [-0.25, -0.2) is 0 Å². The highest BCUT2D eigenvalue weighted by molar-refractivity contribution is 7.86. The van der Waals surface area contributed by atoms with Crippen LogP contribution in [0.1, 0.15) is 22.8 Å². The van der Waals surface area contributed by atoms with E-state index in [1.165, 1.54) is 0 Å². The molecule has 0 fully saturated rings. The summed E-state index contributed by atoms with van der Waals surface area (Å²) in [6.45, 7) is 0. The van der Waals surface area contributed by atoms with E-state index < -0.39 is 43.9 Å². The molecular formula is C10H7N3O6S. The van der Waals surface area contributed by atoms with E-state index in [2.05, 4.69) is 4.79 Å². The van der Waals surface area contributed by atoms with E-state index in [9.17, 15) is 23.3 Å². The van der Waals surface area contributed by atoms with Gasteiger partial charge in [-0.1, -0.05) is 0 Å². The summed E-state index contributed by atoms with van der Waals surface area (Å²) < 4.78 is 31.7. The molecule has 1 aliphatic carbocycles. The molecule has 1 atom stereocenters. The first-order valence-corrected chi connectivity index (χ1v) is 6.76. The summed E-state index contributed by atoms with van der Waals surface area (Å²) in [7, 11) is -4.63. The minimum absolute atomic E-state index is 0.0584. The smallest absolute Gasteiger partial charge is 0.361 e. The molecule has 0 bridgehead atoms. The lowest BCUT2D eigenvalue weighted by Gasteiger charge is -2.19. The first-order valence-electron chi connectivity index (χ1n) is 5.26. The number of nitro benzene ring substituents is 1. The third-order valence-electron chi connectivity index (χ3n) is 2.94. The van der Waals surface area contributed by atoms with E-state index in [-0.39, 0.29) is 11.1 Å². The summed E-state index contributed by atoms with van der Waals surface area (Å²) in [5, 5.41) is 9.09. The molecule has 0 saturated heterocycles. The molecule has 0 aromatic heterocycles. The monoisotopic (exact) mass is 297 g/mol. The highest BCUT2D eigenvalue weighted by Gasteiger charge is 2.42. The van der Waals surface area contributed by atoms with Crippen molar-refractivity contribution in [3.8, 4) is 0 Å². The molecule has 0 saturated carbocycles. The van der Waals surface area contributed by atoms with Crippen molar-refractivity contribution in [1.82, 2.24) is 0 Å². The third kappa shape index (κ3) is 2.23. The average molecular weight is 297 g/mol. The van der Waals surface area contributed by atoms with Crippen LogP contribution in [0.2, 0.25) is 0 Å². The van der Waals surface area contributed by atoms with Crippen molar-refractivity contribution in [3.05, 3.63) is 45.0 Å². The summed E-state index contributed by atoms with van der Waals surface area (Å²) in [5.74, 6) is -0.781. The van der Waals surface area contributed by atoms with Gasteiger partial charge in [0.2, 0.25) is 5.78 Å². The van der Waals surface area contributed by atoms with Crippen molar-refractivity contribution in [2.45, 2.75) is 11.7 Å². The number of non-ortho nitro benzene ring substituents is 1. The van der Waals surface area contributed by atoms with Gasteiger partial charge in [0.05, 0.1) is 10.5 Å². The second kappa shape index (κ2) is 4.60. The first kappa shape index (κ1) is 14.0. The predicted octanol–water partition coefficient (Wildman–Crippen LogP) is 0.515. The second-order valence-electron chi connectivity index (χ2n) is 4.11. The predicted molar refractivity (Wildman–Crippen MR) is 64.7 cm³/mol. The molecule has 1 aliphatic rings. The molecule has 9 nitrogen and oxygen atoms in total. The maximum Gasteiger partial charge on any atom is 0.365 e. The number of fused-ring (bicyclic) bond motifs is 1. The summed E-state index contributed by atoms with van der Waals surface area (Å²) in [6.07, 6.45) is -0.646. The highest BCUT2D eigenvalue weighted by Crippen LogP contribution is 2.35.